The van der Waals surface area contributed by atoms with Gasteiger partial charge in [-0.05, 0) is 32.9 Å². The number of hydrogen-bond acceptors (Lipinski definition) is 5. The molecule has 1 aliphatic heterocycles. The zero-order valence-electron chi connectivity index (χ0n) is 13.3. The highest BCUT2D eigenvalue weighted by Crippen LogP contribution is 2.26. The third-order valence-corrected chi connectivity index (χ3v) is 4.69. The molecule has 1 fully saturated rings. The maximum atomic E-state index is 10.3. The van der Waals surface area contributed by atoms with Gasteiger partial charge in [-0.3, -0.25) is 0 Å². The van der Waals surface area contributed by atoms with E-state index < -0.39 is 5.60 Å². The minimum Gasteiger partial charge on any atom is -0.444 e. The predicted octanol–water partition coefficient (Wildman–Crippen LogP) is 1.83. The summed E-state index contributed by atoms with van der Waals surface area (Å²) in [4.78, 5) is 8.76. The summed E-state index contributed by atoms with van der Waals surface area (Å²) >= 11 is 1.79. The van der Waals surface area contributed by atoms with Crippen molar-refractivity contribution in [3.63, 3.8) is 0 Å². The highest BCUT2D eigenvalue weighted by atomic mass is 127. The summed E-state index contributed by atoms with van der Waals surface area (Å²) in [5.74, 6) is 3.90. The van der Waals surface area contributed by atoms with Crippen molar-refractivity contribution in [2.45, 2.75) is 39.3 Å². The van der Waals surface area contributed by atoms with E-state index in [1.807, 2.05) is 20.8 Å². The number of guanidine groups is 1. The van der Waals surface area contributed by atoms with Crippen LogP contribution in [0.1, 0.15) is 30.7 Å². The normalized spacial score (nSPS) is 21.5. The van der Waals surface area contributed by atoms with Crippen molar-refractivity contribution < 1.29 is 9.52 Å². The molecule has 2 heterocycles. The van der Waals surface area contributed by atoms with E-state index in [9.17, 15) is 5.11 Å². The van der Waals surface area contributed by atoms with E-state index in [1.54, 1.807) is 11.8 Å². The minimum absolute atomic E-state index is 0. The summed E-state index contributed by atoms with van der Waals surface area (Å²) in [5.41, 5.74) is 0.271. The fourth-order valence-electron chi connectivity index (χ4n) is 2.08. The van der Waals surface area contributed by atoms with Crippen LogP contribution in [0.25, 0.3) is 0 Å². The number of rotatable bonds is 5. The van der Waals surface area contributed by atoms with E-state index in [0.29, 0.717) is 24.9 Å². The molecule has 1 saturated heterocycles. The Hall–Kier alpha value is -0.480. The molecule has 22 heavy (non-hydrogen) atoms. The molecular formula is C14H25IN4O2S. The predicted molar refractivity (Wildman–Crippen MR) is 101 cm³/mol. The third-order valence-electron chi connectivity index (χ3n) is 3.46. The van der Waals surface area contributed by atoms with Gasteiger partial charge in [-0.15, -0.1) is 24.0 Å². The molecule has 1 atom stereocenters. The number of aliphatic hydroxyl groups is 1. The zero-order chi connectivity index (χ0) is 15.3. The van der Waals surface area contributed by atoms with Crippen molar-refractivity contribution >= 4 is 41.7 Å². The SMILES string of the molecule is CCNC(=NCc1nc(C)c(C)o1)NCC1(O)CCSC1.I. The summed E-state index contributed by atoms with van der Waals surface area (Å²) < 4.78 is 5.51. The molecule has 0 radical (unpaired) electrons. The Bertz CT molecular complexity index is 482. The Morgan fingerprint density at radius 1 is 1.45 bits per heavy atom. The molecule has 8 heteroatoms. The number of nitrogens with zero attached hydrogens (tertiary/aromatic N) is 2. The number of halogens is 1. The highest BCUT2D eigenvalue weighted by Gasteiger charge is 2.31. The lowest BCUT2D eigenvalue weighted by molar-refractivity contribution is 0.0724. The van der Waals surface area contributed by atoms with Crippen molar-refractivity contribution in [2.75, 3.05) is 24.6 Å². The standard InChI is InChI=1S/C14H24N4O2S.HI/c1-4-15-13(17-8-14(19)5-6-21-9-14)16-7-12-18-10(2)11(3)20-12;/h19H,4-9H2,1-3H3,(H2,15,16,17);1H. The van der Waals surface area contributed by atoms with Gasteiger partial charge in [0.1, 0.15) is 12.3 Å². The second-order valence-corrected chi connectivity index (χ2v) is 6.43. The van der Waals surface area contributed by atoms with Gasteiger partial charge >= 0.3 is 0 Å². The third kappa shape index (κ3) is 5.62. The monoisotopic (exact) mass is 440 g/mol. The van der Waals surface area contributed by atoms with Crippen molar-refractivity contribution in [3.8, 4) is 0 Å². The maximum absolute atomic E-state index is 10.3. The first-order valence-corrected chi connectivity index (χ1v) is 8.43. The minimum atomic E-state index is -0.628. The molecule has 0 aromatic carbocycles. The molecule has 0 aliphatic carbocycles. The number of hydrogen-bond donors (Lipinski definition) is 3. The largest absolute Gasteiger partial charge is 0.444 e. The lowest BCUT2D eigenvalue weighted by Crippen LogP contribution is -2.47. The topological polar surface area (TPSA) is 82.7 Å². The van der Waals surface area contributed by atoms with E-state index in [2.05, 4.69) is 20.6 Å². The van der Waals surface area contributed by atoms with E-state index in [0.717, 1.165) is 35.9 Å². The van der Waals surface area contributed by atoms with Crippen LogP contribution < -0.4 is 10.6 Å². The average Bonchev–Trinajstić information content (AvgIpc) is 3.01. The van der Waals surface area contributed by atoms with Gasteiger partial charge in [-0.25, -0.2) is 9.98 Å². The number of aryl methyl sites for hydroxylation is 2. The molecule has 1 aliphatic rings. The first kappa shape index (κ1) is 19.6. The van der Waals surface area contributed by atoms with Crippen LogP contribution in [0.3, 0.4) is 0 Å². The van der Waals surface area contributed by atoms with E-state index >= 15 is 0 Å². The Kier molecular flexibility index (Phi) is 7.98. The van der Waals surface area contributed by atoms with Crippen LogP contribution in [-0.4, -0.2) is 46.2 Å². The molecular weight excluding hydrogens is 415 g/mol. The van der Waals surface area contributed by atoms with Gasteiger partial charge in [0.25, 0.3) is 0 Å². The molecule has 0 saturated carbocycles. The van der Waals surface area contributed by atoms with Crippen molar-refractivity contribution in [1.82, 2.24) is 15.6 Å². The molecule has 1 aromatic rings. The van der Waals surface area contributed by atoms with Gasteiger partial charge in [0.15, 0.2) is 5.96 Å². The lowest BCUT2D eigenvalue weighted by atomic mass is 10.0. The zero-order valence-corrected chi connectivity index (χ0v) is 16.5. The number of oxazole rings is 1. The number of aromatic nitrogens is 1. The highest BCUT2D eigenvalue weighted by molar-refractivity contribution is 14.0. The van der Waals surface area contributed by atoms with Crippen LogP contribution in [0.15, 0.2) is 9.41 Å². The smallest absolute Gasteiger partial charge is 0.216 e. The van der Waals surface area contributed by atoms with Crippen LogP contribution in [0, 0.1) is 13.8 Å². The first-order valence-electron chi connectivity index (χ1n) is 7.27. The summed E-state index contributed by atoms with van der Waals surface area (Å²) in [6, 6.07) is 0. The fraction of sp³-hybridized carbons (Fsp3) is 0.714. The summed E-state index contributed by atoms with van der Waals surface area (Å²) in [7, 11) is 0. The van der Waals surface area contributed by atoms with Crippen molar-refractivity contribution in [1.29, 1.82) is 0 Å². The lowest BCUT2D eigenvalue weighted by Gasteiger charge is -2.23. The summed E-state index contributed by atoms with van der Waals surface area (Å²) in [6.07, 6.45) is 0.822. The molecule has 0 bridgehead atoms. The van der Waals surface area contributed by atoms with Crippen LogP contribution in [0.2, 0.25) is 0 Å². The van der Waals surface area contributed by atoms with E-state index in [4.69, 9.17) is 4.42 Å². The van der Waals surface area contributed by atoms with Gasteiger partial charge in [0.05, 0.1) is 11.3 Å². The Balaban J connectivity index is 0.00000242. The fourth-order valence-corrected chi connectivity index (χ4v) is 3.37. The quantitative estimate of drug-likeness (QED) is 0.368. The van der Waals surface area contributed by atoms with Crippen molar-refractivity contribution in [3.05, 3.63) is 17.3 Å². The molecule has 1 unspecified atom stereocenters. The first-order chi connectivity index (χ1) is 10.0. The van der Waals surface area contributed by atoms with Crippen LogP contribution in [-0.2, 0) is 6.54 Å². The summed E-state index contributed by atoms with van der Waals surface area (Å²) in [5, 5.41) is 16.7. The van der Waals surface area contributed by atoms with Gasteiger partial charge in [0.2, 0.25) is 5.89 Å². The molecule has 0 spiro atoms. The molecule has 126 valence electrons. The van der Waals surface area contributed by atoms with Crippen LogP contribution in [0.5, 0.6) is 0 Å². The summed E-state index contributed by atoms with van der Waals surface area (Å²) in [6.45, 7) is 7.49. The molecule has 6 nitrogen and oxygen atoms in total. The van der Waals surface area contributed by atoms with E-state index in [1.165, 1.54) is 0 Å². The molecule has 1 aromatic heterocycles. The second kappa shape index (κ2) is 8.97. The second-order valence-electron chi connectivity index (χ2n) is 5.32. The number of thioether (sulfide) groups is 1. The molecule has 2 rings (SSSR count). The van der Waals surface area contributed by atoms with Gasteiger partial charge in [0, 0.05) is 18.8 Å². The number of nitrogens with one attached hydrogen (secondary N) is 2. The van der Waals surface area contributed by atoms with Crippen molar-refractivity contribution in [2.24, 2.45) is 4.99 Å². The van der Waals surface area contributed by atoms with E-state index in [-0.39, 0.29) is 24.0 Å². The van der Waals surface area contributed by atoms with Gasteiger partial charge in [-0.2, -0.15) is 11.8 Å². The average molecular weight is 440 g/mol. The molecule has 0 amide bonds. The van der Waals surface area contributed by atoms with Gasteiger partial charge in [-0.1, -0.05) is 0 Å². The Morgan fingerprint density at radius 2 is 2.23 bits per heavy atom. The Labute approximate surface area is 153 Å². The Morgan fingerprint density at radius 3 is 2.77 bits per heavy atom. The maximum Gasteiger partial charge on any atom is 0.216 e. The van der Waals surface area contributed by atoms with Gasteiger partial charge < -0.3 is 20.2 Å². The number of aliphatic imine (C=N–C) groups is 1. The van der Waals surface area contributed by atoms with Crippen LogP contribution in [0.4, 0.5) is 0 Å². The van der Waals surface area contributed by atoms with Crippen LogP contribution >= 0.6 is 35.7 Å². The molecule has 3 N–H and O–H groups in total.